The molecule has 1 heterocycles. The van der Waals surface area contributed by atoms with Crippen LogP contribution >= 0.6 is 0 Å². The first kappa shape index (κ1) is 18.9. The Morgan fingerprint density at radius 1 is 1.16 bits per heavy atom. The predicted molar refractivity (Wildman–Crippen MR) is 95.6 cm³/mol. The van der Waals surface area contributed by atoms with Crippen LogP contribution in [-0.4, -0.2) is 25.2 Å². The van der Waals surface area contributed by atoms with Gasteiger partial charge in [0.1, 0.15) is 5.76 Å². The quantitative estimate of drug-likeness (QED) is 0.769. The highest BCUT2D eigenvalue weighted by atomic mass is 16.5. The normalized spacial score (nSPS) is 11.2. The monoisotopic (exact) mass is 346 g/mol. The lowest BCUT2D eigenvalue weighted by Crippen LogP contribution is -2.43. The number of furan rings is 1. The standard InChI is InChI=1S/C19H26N2O4/c1-19(2,3)21-18(22)13-25-16-8-7-14(10-17(16)23-4)11-20-12-15-6-5-9-24-15/h5-10,20H,11-13H2,1-4H3,(H,21,22). The van der Waals surface area contributed by atoms with E-state index in [2.05, 4.69) is 10.6 Å². The zero-order valence-electron chi connectivity index (χ0n) is 15.2. The molecule has 1 aromatic carbocycles. The Kier molecular flexibility index (Phi) is 6.47. The molecule has 0 atom stereocenters. The van der Waals surface area contributed by atoms with Crippen molar-refractivity contribution in [3.63, 3.8) is 0 Å². The van der Waals surface area contributed by atoms with Gasteiger partial charge in [0.05, 0.1) is 19.9 Å². The van der Waals surface area contributed by atoms with Crippen molar-refractivity contribution >= 4 is 5.91 Å². The third-order valence-corrected chi connectivity index (χ3v) is 3.31. The molecule has 0 aliphatic heterocycles. The number of carbonyl (C=O) groups excluding carboxylic acids is 1. The molecule has 1 aromatic heterocycles. The lowest BCUT2D eigenvalue weighted by molar-refractivity contribution is -0.124. The van der Waals surface area contributed by atoms with Crippen LogP contribution in [-0.2, 0) is 17.9 Å². The number of hydrogen-bond acceptors (Lipinski definition) is 5. The van der Waals surface area contributed by atoms with E-state index in [1.807, 2.05) is 51.1 Å². The van der Waals surface area contributed by atoms with Gasteiger partial charge in [-0.25, -0.2) is 0 Å². The van der Waals surface area contributed by atoms with Crippen molar-refractivity contribution in [1.29, 1.82) is 0 Å². The van der Waals surface area contributed by atoms with Gasteiger partial charge in [0, 0.05) is 12.1 Å². The number of carbonyl (C=O) groups is 1. The van der Waals surface area contributed by atoms with E-state index < -0.39 is 0 Å². The molecule has 0 fully saturated rings. The SMILES string of the molecule is COc1cc(CNCc2ccco2)ccc1OCC(=O)NC(C)(C)C. The van der Waals surface area contributed by atoms with E-state index in [9.17, 15) is 4.79 Å². The van der Waals surface area contributed by atoms with Gasteiger partial charge < -0.3 is 24.5 Å². The molecular formula is C19H26N2O4. The van der Waals surface area contributed by atoms with Gasteiger partial charge in [0.2, 0.25) is 0 Å². The Bertz CT molecular complexity index is 675. The fraction of sp³-hybridized carbons (Fsp3) is 0.421. The maximum absolute atomic E-state index is 11.9. The van der Waals surface area contributed by atoms with Crippen LogP contribution in [0, 0.1) is 0 Å². The van der Waals surface area contributed by atoms with Crippen molar-refractivity contribution in [3.05, 3.63) is 47.9 Å². The number of benzene rings is 1. The number of hydrogen-bond donors (Lipinski definition) is 2. The third kappa shape index (κ3) is 6.51. The Morgan fingerprint density at radius 3 is 2.60 bits per heavy atom. The molecule has 6 heteroatoms. The average molecular weight is 346 g/mol. The number of amides is 1. The van der Waals surface area contributed by atoms with Gasteiger partial charge in [0.15, 0.2) is 18.1 Å². The van der Waals surface area contributed by atoms with E-state index in [1.165, 1.54) is 0 Å². The van der Waals surface area contributed by atoms with Gasteiger partial charge in [-0.1, -0.05) is 6.07 Å². The van der Waals surface area contributed by atoms with Crippen molar-refractivity contribution in [2.45, 2.75) is 39.4 Å². The lowest BCUT2D eigenvalue weighted by atomic mass is 10.1. The molecule has 0 bridgehead atoms. The van der Waals surface area contributed by atoms with E-state index >= 15 is 0 Å². The van der Waals surface area contributed by atoms with Crippen molar-refractivity contribution < 1.29 is 18.7 Å². The summed E-state index contributed by atoms with van der Waals surface area (Å²) in [6.45, 7) is 7.05. The van der Waals surface area contributed by atoms with Gasteiger partial charge in [-0.05, 0) is 50.6 Å². The summed E-state index contributed by atoms with van der Waals surface area (Å²) in [4.78, 5) is 11.9. The molecule has 0 aliphatic carbocycles. The van der Waals surface area contributed by atoms with Gasteiger partial charge in [-0.2, -0.15) is 0 Å². The summed E-state index contributed by atoms with van der Waals surface area (Å²) in [6.07, 6.45) is 1.65. The maximum atomic E-state index is 11.9. The molecule has 2 aromatic rings. The zero-order chi connectivity index (χ0) is 18.3. The number of ether oxygens (including phenoxy) is 2. The summed E-state index contributed by atoms with van der Waals surface area (Å²) in [5.41, 5.74) is 0.767. The minimum Gasteiger partial charge on any atom is -0.493 e. The van der Waals surface area contributed by atoms with Crippen LogP contribution in [0.4, 0.5) is 0 Å². The molecular weight excluding hydrogens is 320 g/mol. The maximum Gasteiger partial charge on any atom is 0.258 e. The fourth-order valence-corrected chi connectivity index (χ4v) is 2.28. The second kappa shape index (κ2) is 8.58. The molecule has 1 amide bonds. The van der Waals surface area contributed by atoms with Crippen molar-refractivity contribution in [2.24, 2.45) is 0 Å². The summed E-state index contributed by atoms with van der Waals surface area (Å²) in [5, 5.41) is 6.15. The summed E-state index contributed by atoms with van der Waals surface area (Å²) in [5.74, 6) is 1.86. The van der Waals surface area contributed by atoms with Crippen LogP contribution in [0.3, 0.4) is 0 Å². The van der Waals surface area contributed by atoms with Crippen LogP contribution < -0.4 is 20.1 Å². The van der Waals surface area contributed by atoms with Crippen molar-refractivity contribution in [2.75, 3.05) is 13.7 Å². The Morgan fingerprint density at radius 2 is 1.96 bits per heavy atom. The van der Waals surface area contributed by atoms with Gasteiger partial charge in [-0.3, -0.25) is 4.79 Å². The predicted octanol–water partition coefficient (Wildman–Crippen LogP) is 2.87. The van der Waals surface area contributed by atoms with Crippen LogP contribution in [0.1, 0.15) is 32.1 Å². The molecule has 0 aliphatic rings. The molecule has 6 nitrogen and oxygen atoms in total. The number of nitrogens with one attached hydrogen (secondary N) is 2. The highest BCUT2D eigenvalue weighted by Crippen LogP contribution is 2.28. The smallest absolute Gasteiger partial charge is 0.258 e. The van der Waals surface area contributed by atoms with E-state index in [0.29, 0.717) is 24.6 Å². The second-order valence-corrected chi connectivity index (χ2v) is 6.75. The summed E-state index contributed by atoms with van der Waals surface area (Å²) in [6, 6.07) is 9.43. The molecule has 0 saturated heterocycles. The van der Waals surface area contributed by atoms with E-state index in [1.54, 1.807) is 13.4 Å². The first-order valence-electron chi connectivity index (χ1n) is 8.21. The average Bonchev–Trinajstić information content (AvgIpc) is 3.05. The third-order valence-electron chi connectivity index (χ3n) is 3.31. The Labute approximate surface area is 148 Å². The first-order chi connectivity index (χ1) is 11.9. The first-order valence-corrected chi connectivity index (χ1v) is 8.21. The van der Waals surface area contributed by atoms with E-state index in [-0.39, 0.29) is 18.1 Å². The topological polar surface area (TPSA) is 72.7 Å². The summed E-state index contributed by atoms with van der Waals surface area (Å²) >= 11 is 0. The van der Waals surface area contributed by atoms with Crippen LogP contribution in [0.25, 0.3) is 0 Å². The van der Waals surface area contributed by atoms with E-state index in [0.717, 1.165) is 11.3 Å². The molecule has 2 N–H and O–H groups in total. The highest BCUT2D eigenvalue weighted by molar-refractivity contribution is 5.78. The van der Waals surface area contributed by atoms with Crippen LogP contribution in [0.2, 0.25) is 0 Å². The van der Waals surface area contributed by atoms with Gasteiger partial charge in [0.25, 0.3) is 5.91 Å². The molecule has 0 saturated carbocycles. The largest absolute Gasteiger partial charge is 0.493 e. The molecule has 0 radical (unpaired) electrons. The van der Waals surface area contributed by atoms with Gasteiger partial charge in [-0.15, -0.1) is 0 Å². The molecule has 0 unspecified atom stereocenters. The molecule has 136 valence electrons. The minimum atomic E-state index is -0.284. The number of rotatable bonds is 8. The Hall–Kier alpha value is -2.47. The molecule has 25 heavy (non-hydrogen) atoms. The van der Waals surface area contributed by atoms with Crippen LogP contribution in [0.15, 0.2) is 41.0 Å². The fourth-order valence-electron chi connectivity index (χ4n) is 2.28. The van der Waals surface area contributed by atoms with Crippen molar-refractivity contribution in [3.8, 4) is 11.5 Å². The Balaban J connectivity index is 1.88. The minimum absolute atomic E-state index is 0.0519. The van der Waals surface area contributed by atoms with E-state index in [4.69, 9.17) is 13.9 Å². The second-order valence-electron chi connectivity index (χ2n) is 6.75. The molecule has 2 rings (SSSR count). The highest BCUT2D eigenvalue weighted by Gasteiger charge is 2.15. The summed E-state index contributed by atoms with van der Waals surface area (Å²) in [7, 11) is 1.58. The summed E-state index contributed by atoms with van der Waals surface area (Å²) < 4.78 is 16.2. The van der Waals surface area contributed by atoms with Crippen LogP contribution in [0.5, 0.6) is 11.5 Å². The van der Waals surface area contributed by atoms with Gasteiger partial charge >= 0.3 is 0 Å². The molecule has 0 spiro atoms. The van der Waals surface area contributed by atoms with Crippen molar-refractivity contribution in [1.82, 2.24) is 10.6 Å². The zero-order valence-corrected chi connectivity index (χ0v) is 15.2. The number of methoxy groups -OCH3 is 1. The lowest BCUT2D eigenvalue weighted by Gasteiger charge is -2.20.